The second-order valence-electron chi connectivity index (χ2n) is 6.59. The highest BCUT2D eigenvalue weighted by Gasteiger charge is 2.07. The molecular weight excluding hydrogens is 328 g/mol. The van der Waals surface area contributed by atoms with Crippen molar-refractivity contribution in [1.29, 1.82) is 0 Å². The van der Waals surface area contributed by atoms with Crippen LogP contribution in [0.25, 0.3) is 0 Å². The van der Waals surface area contributed by atoms with E-state index in [9.17, 15) is 0 Å². The van der Waals surface area contributed by atoms with Gasteiger partial charge in [0.15, 0.2) is 11.5 Å². The Balaban J connectivity index is 1.70. The summed E-state index contributed by atoms with van der Waals surface area (Å²) in [6.45, 7) is 7.28. The maximum atomic E-state index is 5.94. The number of nitrogens with two attached hydrogens (primary N) is 2. The zero-order valence-electron chi connectivity index (χ0n) is 16.2. The molecule has 0 radical (unpaired) electrons. The van der Waals surface area contributed by atoms with Crippen LogP contribution in [0.4, 0.5) is 11.4 Å². The molecule has 0 saturated carbocycles. The number of methoxy groups -OCH3 is 1. The monoisotopic (exact) mass is 358 g/mol. The topological polar surface area (TPSA) is 79.7 Å². The van der Waals surface area contributed by atoms with Crippen LogP contribution < -0.4 is 25.7 Å². The molecule has 142 valence electrons. The Morgan fingerprint density at radius 3 is 1.81 bits per heavy atom. The molecule has 5 nitrogen and oxygen atoms in total. The summed E-state index contributed by atoms with van der Waals surface area (Å²) in [5.74, 6) is 2.27. The van der Waals surface area contributed by atoms with Gasteiger partial charge in [0.25, 0.3) is 0 Å². The molecular formula is C21H30N2O3. The number of benzene rings is 2. The van der Waals surface area contributed by atoms with Gasteiger partial charge in [0, 0.05) is 23.5 Å². The first kappa shape index (κ1) is 19.8. The standard InChI is InChI=1S/C21H30N2O3/c1-14-10-16(3)19(12-17(14)22)25-8-6-5-7-9-26-21-13-18(23)15(2)11-20(21)24-4/h10-13H,5-9,22-23H2,1-4H3. The van der Waals surface area contributed by atoms with Crippen LogP contribution in [0.3, 0.4) is 0 Å². The average Bonchev–Trinajstić information content (AvgIpc) is 2.60. The van der Waals surface area contributed by atoms with Crippen molar-refractivity contribution >= 4 is 11.4 Å². The highest BCUT2D eigenvalue weighted by Crippen LogP contribution is 2.32. The first-order valence-electron chi connectivity index (χ1n) is 8.98. The third kappa shape index (κ3) is 5.22. The third-order valence-corrected chi connectivity index (χ3v) is 4.42. The lowest BCUT2D eigenvalue weighted by Crippen LogP contribution is -2.04. The van der Waals surface area contributed by atoms with Gasteiger partial charge in [-0.3, -0.25) is 0 Å². The fourth-order valence-corrected chi connectivity index (χ4v) is 2.70. The molecule has 0 spiro atoms. The van der Waals surface area contributed by atoms with Gasteiger partial charge in [-0.05, 0) is 62.8 Å². The second kappa shape index (κ2) is 9.22. The SMILES string of the molecule is COc1cc(C)c(N)cc1OCCCCCOc1cc(N)c(C)cc1C. The molecule has 4 N–H and O–H groups in total. The van der Waals surface area contributed by atoms with Crippen LogP contribution in [-0.2, 0) is 0 Å². The van der Waals surface area contributed by atoms with Crippen LogP contribution in [0.5, 0.6) is 17.2 Å². The highest BCUT2D eigenvalue weighted by atomic mass is 16.5. The molecule has 5 heteroatoms. The summed E-state index contributed by atoms with van der Waals surface area (Å²) in [5.41, 5.74) is 16.5. The van der Waals surface area contributed by atoms with Crippen LogP contribution in [0.15, 0.2) is 24.3 Å². The largest absolute Gasteiger partial charge is 0.493 e. The second-order valence-corrected chi connectivity index (χ2v) is 6.59. The fraction of sp³-hybridized carbons (Fsp3) is 0.429. The van der Waals surface area contributed by atoms with Gasteiger partial charge in [0.2, 0.25) is 0 Å². The Hall–Kier alpha value is -2.56. The number of anilines is 2. The Kier molecular flexibility index (Phi) is 7.01. The number of hydrogen-bond acceptors (Lipinski definition) is 5. The van der Waals surface area contributed by atoms with E-state index in [4.69, 9.17) is 25.7 Å². The van der Waals surface area contributed by atoms with Crippen LogP contribution >= 0.6 is 0 Å². The first-order chi connectivity index (χ1) is 12.4. The van der Waals surface area contributed by atoms with Gasteiger partial charge in [-0.1, -0.05) is 6.07 Å². The van der Waals surface area contributed by atoms with Crippen molar-refractivity contribution in [2.75, 3.05) is 31.8 Å². The molecule has 0 heterocycles. The van der Waals surface area contributed by atoms with Crippen LogP contribution in [0.2, 0.25) is 0 Å². The van der Waals surface area contributed by atoms with E-state index in [-0.39, 0.29) is 0 Å². The Labute approximate surface area is 156 Å². The van der Waals surface area contributed by atoms with Gasteiger partial charge < -0.3 is 25.7 Å². The van der Waals surface area contributed by atoms with Gasteiger partial charge in [0.1, 0.15) is 5.75 Å². The van der Waals surface area contributed by atoms with E-state index >= 15 is 0 Å². The van der Waals surface area contributed by atoms with E-state index in [0.29, 0.717) is 30.4 Å². The van der Waals surface area contributed by atoms with Gasteiger partial charge >= 0.3 is 0 Å². The lowest BCUT2D eigenvalue weighted by molar-refractivity contribution is 0.269. The van der Waals surface area contributed by atoms with Gasteiger partial charge in [-0.25, -0.2) is 0 Å². The fourth-order valence-electron chi connectivity index (χ4n) is 2.70. The van der Waals surface area contributed by atoms with Gasteiger partial charge in [-0.15, -0.1) is 0 Å². The summed E-state index contributed by atoms with van der Waals surface area (Å²) in [5, 5.41) is 0. The molecule has 0 bridgehead atoms. The van der Waals surface area contributed by atoms with E-state index in [1.807, 2.05) is 39.0 Å². The minimum atomic E-state index is 0.620. The maximum Gasteiger partial charge on any atom is 0.163 e. The zero-order valence-corrected chi connectivity index (χ0v) is 16.2. The molecule has 2 aromatic carbocycles. The summed E-state index contributed by atoms with van der Waals surface area (Å²) < 4.78 is 17.0. The molecule has 0 aliphatic carbocycles. The molecule has 0 amide bonds. The number of rotatable bonds is 9. The van der Waals surface area contributed by atoms with Crippen molar-refractivity contribution in [2.24, 2.45) is 0 Å². The van der Waals surface area contributed by atoms with Crippen molar-refractivity contribution in [2.45, 2.75) is 40.0 Å². The number of aryl methyl sites for hydroxylation is 3. The third-order valence-electron chi connectivity index (χ3n) is 4.42. The summed E-state index contributed by atoms with van der Waals surface area (Å²) >= 11 is 0. The van der Waals surface area contributed by atoms with Gasteiger partial charge in [0.05, 0.1) is 20.3 Å². The molecule has 0 aromatic heterocycles. The Morgan fingerprint density at radius 1 is 0.654 bits per heavy atom. The number of hydrogen-bond donors (Lipinski definition) is 2. The first-order valence-corrected chi connectivity index (χ1v) is 8.98. The smallest absolute Gasteiger partial charge is 0.163 e. The molecule has 2 aromatic rings. The number of ether oxygens (including phenoxy) is 3. The Bertz CT molecular complexity index is 745. The maximum absolute atomic E-state index is 5.94. The molecule has 0 aliphatic heterocycles. The summed E-state index contributed by atoms with van der Waals surface area (Å²) in [7, 11) is 1.63. The van der Waals surface area contributed by atoms with Crippen LogP contribution in [0, 0.1) is 20.8 Å². The van der Waals surface area contributed by atoms with E-state index < -0.39 is 0 Å². The normalized spacial score (nSPS) is 10.6. The van der Waals surface area contributed by atoms with Gasteiger partial charge in [-0.2, -0.15) is 0 Å². The minimum absolute atomic E-state index is 0.620. The summed E-state index contributed by atoms with van der Waals surface area (Å²) in [4.78, 5) is 0. The van der Waals surface area contributed by atoms with Crippen molar-refractivity contribution in [3.63, 3.8) is 0 Å². The van der Waals surface area contributed by atoms with Crippen molar-refractivity contribution in [3.05, 3.63) is 41.0 Å². The molecule has 2 rings (SSSR count). The van der Waals surface area contributed by atoms with E-state index in [1.165, 1.54) is 0 Å². The Morgan fingerprint density at radius 2 is 1.19 bits per heavy atom. The summed E-state index contributed by atoms with van der Waals surface area (Å²) in [6, 6.07) is 7.68. The minimum Gasteiger partial charge on any atom is -0.493 e. The average molecular weight is 358 g/mol. The van der Waals surface area contributed by atoms with E-state index in [2.05, 4.69) is 6.07 Å². The van der Waals surface area contributed by atoms with Crippen molar-refractivity contribution in [3.8, 4) is 17.2 Å². The lowest BCUT2D eigenvalue weighted by atomic mass is 10.1. The molecule has 0 atom stereocenters. The molecule has 26 heavy (non-hydrogen) atoms. The number of nitrogen functional groups attached to an aromatic ring is 2. The van der Waals surface area contributed by atoms with E-state index in [1.54, 1.807) is 7.11 Å². The summed E-state index contributed by atoms with van der Waals surface area (Å²) in [6.07, 6.45) is 2.92. The van der Waals surface area contributed by atoms with Crippen LogP contribution in [0.1, 0.15) is 36.0 Å². The van der Waals surface area contributed by atoms with Crippen LogP contribution in [-0.4, -0.2) is 20.3 Å². The van der Waals surface area contributed by atoms with Crippen molar-refractivity contribution < 1.29 is 14.2 Å². The number of unbranched alkanes of at least 4 members (excludes halogenated alkanes) is 2. The van der Waals surface area contributed by atoms with Crippen molar-refractivity contribution in [1.82, 2.24) is 0 Å². The molecule has 0 saturated heterocycles. The highest BCUT2D eigenvalue weighted by molar-refractivity contribution is 5.57. The quantitative estimate of drug-likeness (QED) is 0.512. The predicted octanol–water partition coefficient (Wildman–Crippen LogP) is 4.41. The molecule has 0 unspecified atom stereocenters. The predicted molar refractivity (Wildman–Crippen MR) is 107 cm³/mol. The molecule has 0 fully saturated rings. The van der Waals surface area contributed by atoms with E-state index in [0.717, 1.165) is 47.4 Å². The molecule has 0 aliphatic rings. The lowest BCUT2D eigenvalue weighted by Gasteiger charge is -2.13. The zero-order chi connectivity index (χ0) is 19.1.